The smallest absolute Gasteiger partial charge is 0.111 e. The molecule has 2 rings (SSSR count). The number of nitrogens with zero attached hydrogens (tertiary/aromatic N) is 2. The zero-order valence-electron chi connectivity index (χ0n) is 20.0. The van der Waals surface area contributed by atoms with Gasteiger partial charge in [-0.05, 0) is 31.2 Å². The molecule has 0 unspecified atom stereocenters. The molecule has 1 aromatic heterocycles. The zero-order valence-corrected chi connectivity index (χ0v) is 20.0. The molecule has 0 spiro atoms. The molecule has 2 nitrogen and oxygen atoms in total. The van der Waals surface area contributed by atoms with Gasteiger partial charge in [0.2, 0.25) is 0 Å². The minimum atomic E-state index is 0.501. The lowest BCUT2D eigenvalue weighted by Gasteiger charge is -2.10. The molecule has 0 aliphatic carbocycles. The number of aromatic nitrogens is 2. The van der Waals surface area contributed by atoms with Crippen molar-refractivity contribution < 1.29 is 0 Å². The van der Waals surface area contributed by atoms with Crippen LogP contribution in [0.5, 0.6) is 0 Å². The number of hydrogen-bond donors (Lipinski definition) is 0. The highest BCUT2D eigenvalue weighted by molar-refractivity contribution is 5.15. The Balaban J connectivity index is 1.62. The van der Waals surface area contributed by atoms with Gasteiger partial charge >= 0.3 is 0 Å². The number of hydrogen-bond acceptors (Lipinski definition) is 1. The molecular formula is C28H46N2. The molecule has 0 atom stereocenters. The summed E-state index contributed by atoms with van der Waals surface area (Å²) in [6.07, 6.45) is 21.2. The molecule has 0 fully saturated rings. The van der Waals surface area contributed by atoms with Crippen molar-refractivity contribution >= 4 is 0 Å². The van der Waals surface area contributed by atoms with Crippen molar-refractivity contribution in [3.63, 3.8) is 0 Å². The summed E-state index contributed by atoms with van der Waals surface area (Å²) >= 11 is 0. The lowest BCUT2D eigenvalue weighted by molar-refractivity contribution is 0.521. The van der Waals surface area contributed by atoms with Gasteiger partial charge in [0.25, 0.3) is 0 Å². The van der Waals surface area contributed by atoms with E-state index in [0.29, 0.717) is 5.92 Å². The number of aryl methyl sites for hydroxylation is 3. The third kappa shape index (κ3) is 9.96. The standard InChI is InChI=1S/C28H46N2/c1-4-5-6-7-8-9-10-11-12-13-17-23-30-24-27(29-28(30)25(2)3)22-18-21-26-19-15-14-16-20-26/h14-16,19-20,24-25H,4-13,17-18,21-23H2,1-3H3. The van der Waals surface area contributed by atoms with Gasteiger partial charge in [-0.25, -0.2) is 4.98 Å². The quantitative estimate of drug-likeness (QED) is 0.239. The van der Waals surface area contributed by atoms with E-state index in [4.69, 9.17) is 4.98 Å². The predicted molar refractivity (Wildman–Crippen MR) is 131 cm³/mol. The maximum atomic E-state index is 4.97. The minimum absolute atomic E-state index is 0.501. The summed E-state index contributed by atoms with van der Waals surface area (Å²) in [5, 5.41) is 0. The van der Waals surface area contributed by atoms with Crippen molar-refractivity contribution in [1.82, 2.24) is 9.55 Å². The van der Waals surface area contributed by atoms with Crippen LogP contribution < -0.4 is 0 Å². The SMILES string of the molecule is CCCCCCCCCCCCCn1cc(CCCc2ccccc2)nc1C(C)C. The van der Waals surface area contributed by atoms with Crippen molar-refractivity contribution in [2.45, 2.75) is 123 Å². The summed E-state index contributed by atoms with van der Waals surface area (Å²) in [4.78, 5) is 4.97. The van der Waals surface area contributed by atoms with Crippen molar-refractivity contribution in [1.29, 1.82) is 0 Å². The molecule has 168 valence electrons. The van der Waals surface area contributed by atoms with Crippen LogP contribution in [-0.2, 0) is 19.4 Å². The van der Waals surface area contributed by atoms with Gasteiger partial charge in [0.15, 0.2) is 0 Å². The third-order valence-electron chi connectivity index (χ3n) is 6.12. The van der Waals surface area contributed by atoms with Gasteiger partial charge in [-0.1, -0.05) is 115 Å². The molecule has 0 saturated heterocycles. The molecule has 1 aromatic carbocycles. The van der Waals surface area contributed by atoms with Crippen molar-refractivity contribution in [2.24, 2.45) is 0 Å². The Morgan fingerprint density at radius 1 is 0.733 bits per heavy atom. The van der Waals surface area contributed by atoms with Gasteiger partial charge in [-0.15, -0.1) is 0 Å². The van der Waals surface area contributed by atoms with E-state index in [-0.39, 0.29) is 0 Å². The van der Waals surface area contributed by atoms with E-state index in [1.807, 2.05) is 0 Å². The Kier molecular flexibility index (Phi) is 12.6. The fraction of sp³-hybridized carbons (Fsp3) is 0.679. The van der Waals surface area contributed by atoms with Gasteiger partial charge in [-0.3, -0.25) is 0 Å². The monoisotopic (exact) mass is 410 g/mol. The first-order valence-electron chi connectivity index (χ1n) is 12.8. The van der Waals surface area contributed by atoms with Gasteiger partial charge in [-0.2, -0.15) is 0 Å². The first-order valence-corrected chi connectivity index (χ1v) is 12.8. The second-order valence-corrected chi connectivity index (χ2v) is 9.31. The molecule has 0 aliphatic rings. The fourth-order valence-corrected chi connectivity index (χ4v) is 4.31. The zero-order chi connectivity index (χ0) is 21.4. The molecule has 0 amide bonds. The summed E-state index contributed by atoms with van der Waals surface area (Å²) in [5.74, 6) is 1.78. The topological polar surface area (TPSA) is 17.8 Å². The molecule has 1 heterocycles. The van der Waals surface area contributed by atoms with E-state index in [1.165, 1.54) is 94.1 Å². The average Bonchev–Trinajstić information content (AvgIpc) is 3.16. The minimum Gasteiger partial charge on any atom is -0.334 e. The van der Waals surface area contributed by atoms with Crippen molar-refractivity contribution in [2.75, 3.05) is 0 Å². The molecule has 0 radical (unpaired) electrons. The lowest BCUT2D eigenvalue weighted by Crippen LogP contribution is -2.04. The van der Waals surface area contributed by atoms with E-state index in [2.05, 4.69) is 61.9 Å². The maximum absolute atomic E-state index is 4.97. The van der Waals surface area contributed by atoms with Crippen LogP contribution in [0, 0.1) is 0 Å². The Hall–Kier alpha value is -1.57. The summed E-state index contributed by atoms with van der Waals surface area (Å²) < 4.78 is 2.44. The van der Waals surface area contributed by atoms with Crippen molar-refractivity contribution in [3.8, 4) is 0 Å². The van der Waals surface area contributed by atoms with Crippen LogP contribution in [0.25, 0.3) is 0 Å². The first-order chi connectivity index (χ1) is 14.7. The van der Waals surface area contributed by atoms with Gasteiger partial charge in [0.1, 0.15) is 5.82 Å². The van der Waals surface area contributed by atoms with E-state index in [9.17, 15) is 0 Å². The highest BCUT2D eigenvalue weighted by Gasteiger charge is 2.11. The average molecular weight is 411 g/mol. The van der Waals surface area contributed by atoms with Crippen LogP contribution in [0.3, 0.4) is 0 Å². The second-order valence-electron chi connectivity index (χ2n) is 9.31. The number of benzene rings is 1. The van der Waals surface area contributed by atoms with Gasteiger partial charge < -0.3 is 4.57 Å². The largest absolute Gasteiger partial charge is 0.334 e. The summed E-state index contributed by atoms with van der Waals surface area (Å²) in [6.45, 7) is 7.97. The lowest BCUT2D eigenvalue weighted by atomic mass is 10.1. The number of rotatable bonds is 17. The Labute approximate surface area is 186 Å². The van der Waals surface area contributed by atoms with Gasteiger partial charge in [0, 0.05) is 18.7 Å². The first kappa shape index (κ1) is 24.7. The van der Waals surface area contributed by atoms with Crippen LogP contribution in [0.2, 0.25) is 0 Å². The maximum Gasteiger partial charge on any atom is 0.111 e. The van der Waals surface area contributed by atoms with Crippen molar-refractivity contribution in [3.05, 3.63) is 53.6 Å². The van der Waals surface area contributed by atoms with E-state index in [0.717, 1.165) is 19.4 Å². The highest BCUT2D eigenvalue weighted by Crippen LogP contribution is 2.18. The van der Waals surface area contributed by atoms with Crippen LogP contribution in [0.4, 0.5) is 0 Å². The number of imidazole rings is 1. The predicted octanol–water partition coefficient (Wildman–Crippen LogP) is 8.49. The van der Waals surface area contributed by atoms with E-state index in [1.54, 1.807) is 0 Å². The van der Waals surface area contributed by atoms with E-state index >= 15 is 0 Å². The van der Waals surface area contributed by atoms with E-state index < -0.39 is 0 Å². The van der Waals surface area contributed by atoms with Crippen LogP contribution in [-0.4, -0.2) is 9.55 Å². The molecule has 30 heavy (non-hydrogen) atoms. The van der Waals surface area contributed by atoms with Crippen LogP contribution >= 0.6 is 0 Å². The molecule has 0 aliphatic heterocycles. The molecule has 2 heteroatoms. The Morgan fingerprint density at radius 3 is 1.93 bits per heavy atom. The summed E-state index contributed by atoms with van der Waals surface area (Å²) in [6, 6.07) is 10.8. The molecule has 0 N–H and O–H groups in total. The Morgan fingerprint density at radius 2 is 1.33 bits per heavy atom. The number of unbranched alkanes of at least 4 members (excludes halogenated alkanes) is 10. The summed E-state index contributed by atoms with van der Waals surface area (Å²) in [5.41, 5.74) is 2.71. The van der Waals surface area contributed by atoms with Crippen LogP contribution in [0.1, 0.15) is 121 Å². The normalized spacial score (nSPS) is 11.5. The van der Waals surface area contributed by atoms with Crippen LogP contribution in [0.15, 0.2) is 36.5 Å². The Bertz CT molecular complexity index is 657. The molecule has 0 saturated carbocycles. The molecular weight excluding hydrogens is 364 g/mol. The van der Waals surface area contributed by atoms with Gasteiger partial charge in [0.05, 0.1) is 5.69 Å². The second kappa shape index (κ2) is 15.3. The highest BCUT2D eigenvalue weighted by atomic mass is 15.1. The fourth-order valence-electron chi connectivity index (χ4n) is 4.31. The third-order valence-corrected chi connectivity index (χ3v) is 6.12. The molecule has 2 aromatic rings. The summed E-state index contributed by atoms with van der Waals surface area (Å²) in [7, 11) is 0. The molecule has 0 bridgehead atoms.